The van der Waals surface area contributed by atoms with Gasteiger partial charge < -0.3 is 14.7 Å². The molecule has 0 saturated carbocycles. The monoisotopic (exact) mass is 326 g/mol. The first kappa shape index (κ1) is 16.9. The Labute approximate surface area is 134 Å². The van der Waals surface area contributed by atoms with E-state index in [9.17, 15) is 9.59 Å². The molecule has 6 nitrogen and oxygen atoms in total. The van der Waals surface area contributed by atoms with Crippen LogP contribution in [0.2, 0.25) is 0 Å². The molecule has 1 aliphatic rings. The van der Waals surface area contributed by atoms with Gasteiger partial charge in [-0.1, -0.05) is 20.8 Å². The Bertz CT molecular complexity index is 550. The molecule has 22 heavy (non-hydrogen) atoms. The predicted octanol–water partition coefficient (Wildman–Crippen LogP) is 2.21. The van der Waals surface area contributed by atoms with Crippen molar-refractivity contribution in [1.29, 1.82) is 0 Å². The molecule has 1 atom stereocenters. The highest BCUT2D eigenvalue weighted by Crippen LogP contribution is 2.30. The van der Waals surface area contributed by atoms with Crippen molar-refractivity contribution in [2.45, 2.75) is 45.1 Å². The number of carbonyl (C=O) groups is 2. The van der Waals surface area contributed by atoms with E-state index in [1.807, 2.05) is 5.38 Å². The number of amides is 1. The molecule has 1 fully saturated rings. The van der Waals surface area contributed by atoms with Crippen molar-refractivity contribution in [3.63, 3.8) is 0 Å². The Morgan fingerprint density at radius 1 is 1.45 bits per heavy atom. The number of hydrogen-bond donors (Lipinski definition) is 1. The van der Waals surface area contributed by atoms with Gasteiger partial charge in [0, 0.05) is 23.8 Å². The van der Waals surface area contributed by atoms with E-state index in [-0.39, 0.29) is 30.3 Å². The number of aliphatic carboxylic acids is 1. The quantitative estimate of drug-likeness (QED) is 0.917. The van der Waals surface area contributed by atoms with E-state index < -0.39 is 5.97 Å². The number of carboxylic acid groups (broad SMARTS) is 1. The lowest BCUT2D eigenvalue weighted by atomic mass is 9.93. The van der Waals surface area contributed by atoms with Gasteiger partial charge in [0.1, 0.15) is 11.1 Å². The van der Waals surface area contributed by atoms with E-state index >= 15 is 0 Å². The molecule has 2 heterocycles. The molecule has 1 aromatic heterocycles. The third-order valence-electron chi connectivity index (χ3n) is 3.54. The molecule has 0 radical (unpaired) electrons. The van der Waals surface area contributed by atoms with Gasteiger partial charge >= 0.3 is 5.97 Å². The first-order valence-electron chi connectivity index (χ1n) is 7.34. The van der Waals surface area contributed by atoms with Crippen LogP contribution in [0, 0.1) is 0 Å². The Hall–Kier alpha value is -1.47. The van der Waals surface area contributed by atoms with Gasteiger partial charge in [-0.3, -0.25) is 9.59 Å². The summed E-state index contributed by atoms with van der Waals surface area (Å²) >= 11 is 1.55. The van der Waals surface area contributed by atoms with Crippen LogP contribution in [-0.2, 0) is 19.7 Å². The summed E-state index contributed by atoms with van der Waals surface area (Å²) in [7, 11) is 0. The summed E-state index contributed by atoms with van der Waals surface area (Å²) in [5, 5.41) is 11.6. The maximum atomic E-state index is 12.0. The average molecular weight is 326 g/mol. The highest BCUT2D eigenvalue weighted by molar-refractivity contribution is 7.09. The van der Waals surface area contributed by atoms with Gasteiger partial charge in [-0.25, -0.2) is 4.98 Å². The zero-order chi connectivity index (χ0) is 16.3. The number of carbonyl (C=O) groups excluding carboxylic acids is 1. The molecule has 1 N–H and O–H groups in total. The van der Waals surface area contributed by atoms with Gasteiger partial charge in [0.15, 0.2) is 0 Å². The van der Waals surface area contributed by atoms with Crippen molar-refractivity contribution in [3.8, 4) is 0 Å². The van der Waals surface area contributed by atoms with Crippen molar-refractivity contribution < 1.29 is 19.4 Å². The maximum absolute atomic E-state index is 12.0. The second-order valence-corrected chi connectivity index (χ2v) is 7.30. The Kier molecular flexibility index (Phi) is 5.18. The molecule has 0 aliphatic carbocycles. The van der Waals surface area contributed by atoms with Crippen molar-refractivity contribution in [1.82, 2.24) is 9.88 Å². The lowest BCUT2D eigenvalue weighted by Crippen LogP contribution is -2.42. The third-order valence-corrected chi connectivity index (χ3v) is 4.47. The number of hydrogen-bond acceptors (Lipinski definition) is 5. The summed E-state index contributed by atoms with van der Waals surface area (Å²) in [6, 6.07) is 0. The van der Waals surface area contributed by atoms with E-state index in [2.05, 4.69) is 25.8 Å². The standard InChI is InChI=1S/C15H22N2O4S/c1-15(2,3)11-9-22-14(16-11)10-8-17(6-7-21-10)12(18)4-5-13(19)20/h9-10H,4-8H2,1-3H3,(H,19,20). The first-order chi connectivity index (χ1) is 10.3. The molecule has 0 spiro atoms. The van der Waals surface area contributed by atoms with Gasteiger partial charge in [-0.05, 0) is 0 Å². The lowest BCUT2D eigenvalue weighted by molar-refractivity contribution is -0.144. The number of nitrogens with zero attached hydrogens (tertiary/aromatic N) is 2. The number of rotatable bonds is 4. The number of ether oxygens (including phenoxy) is 1. The van der Waals surface area contributed by atoms with Crippen LogP contribution in [0.1, 0.15) is 50.4 Å². The molecular formula is C15H22N2O4S. The molecule has 0 aromatic carbocycles. The van der Waals surface area contributed by atoms with Gasteiger partial charge in [0.25, 0.3) is 0 Å². The number of thiazole rings is 1. The van der Waals surface area contributed by atoms with Crippen LogP contribution in [0.25, 0.3) is 0 Å². The Balaban J connectivity index is 2.00. The molecule has 2 rings (SSSR count). The van der Waals surface area contributed by atoms with E-state index in [0.29, 0.717) is 19.7 Å². The van der Waals surface area contributed by atoms with Crippen molar-refractivity contribution in [3.05, 3.63) is 16.1 Å². The molecule has 1 saturated heterocycles. The van der Waals surface area contributed by atoms with Crippen LogP contribution in [0.4, 0.5) is 0 Å². The molecular weight excluding hydrogens is 304 g/mol. The minimum Gasteiger partial charge on any atom is -0.481 e. The fourth-order valence-electron chi connectivity index (χ4n) is 2.18. The normalized spacial score (nSPS) is 19.2. The summed E-state index contributed by atoms with van der Waals surface area (Å²) in [6.07, 6.45) is -0.317. The predicted molar refractivity (Wildman–Crippen MR) is 83.0 cm³/mol. The zero-order valence-corrected chi connectivity index (χ0v) is 14.0. The van der Waals surface area contributed by atoms with Crippen LogP contribution < -0.4 is 0 Å². The fraction of sp³-hybridized carbons (Fsp3) is 0.667. The average Bonchev–Trinajstić information content (AvgIpc) is 2.94. The summed E-state index contributed by atoms with van der Waals surface area (Å²) in [6.45, 7) is 7.72. The van der Waals surface area contributed by atoms with Crippen molar-refractivity contribution in [2.75, 3.05) is 19.7 Å². The van der Waals surface area contributed by atoms with Crippen LogP contribution in [0.15, 0.2) is 5.38 Å². The molecule has 1 aliphatic heterocycles. The molecule has 0 bridgehead atoms. The van der Waals surface area contributed by atoms with Crippen molar-refractivity contribution >= 4 is 23.2 Å². The van der Waals surface area contributed by atoms with Gasteiger partial charge in [0.05, 0.1) is 25.3 Å². The molecule has 122 valence electrons. The highest BCUT2D eigenvalue weighted by Gasteiger charge is 2.28. The molecule has 1 aromatic rings. The van der Waals surface area contributed by atoms with E-state index in [1.165, 1.54) is 0 Å². The highest BCUT2D eigenvalue weighted by atomic mass is 32.1. The maximum Gasteiger partial charge on any atom is 0.303 e. The van der Waals surface area contributed by atoms with Crippen LogP contribution in [-0.4, -0.2) is 46.6 Å². The number of morpholine rings is 1. The smallest absolute Gasteiger partial charge is 0.303 e. The summed E-state index contributed by atoms with van der Waals surface area (Å²) in [5.41, 5.74) is 1.01. The largest absolute Gasteiger partial charge is 0.481 e. The summed E-state index contributed by atoms with van der Waals surface area (Å²) in [5.74, 6) is -1.09. The van der Waals surface area contributed by atoms with E-state index in [4.69, 9.17) is 9.84 Å². The van der Waals surface area contributed by atoms with Crippen LogP contribution in [0.5, 0.6) is 0 Å². The molecule has 1 unspecified atom stereocenters. The second-order valence-electron chi connectivity index (χ2n) is 6.41. The minimum absolute atomic E-state index is 0.0135. The first-order valence-corrected chi connectivity index (χ1v) is 8.22. The summed E-state index contributed by atoms with van der Waals surface area (Å²) in [4.78, 5) is 28.9. The van der Waals surface area contributed by atoms with Crippen molar-refractivity contribution in [2.24, 2.45) is 0 Å². The van der Waals surface area contributed by atoms with E-state index in [0.717, 1.165) is 10.7 Å². The second kappa shape index (κ2) is 6.75. The lowest BCUT2D eigenvalue weighted by Gasteiger charge is -2.32. The SMILES string of the molecule is CC(C)(C)c1csc(C2CN(C(=O)CCC(=O)O)CCO2)n1. The van der Waals surface area contributed by atoms with Gasteiger partial charge in [-0.15, -0.1) is 11.3 Å². The Morgan fingerprint density at radius 2 is 2.18 bits per heavy atom. The van der Waals surface area contributed by atoms with E-state index in [1.54, 1.807) is 16.2 Å². The van der Waals surface area contributed by atoms with Gasteiger partial charge in [-0.2, -0.15) is 0 Å². The number of carboxylic acids is 1. The molecule has 7 heteroatoms. The summed E-state index contributed by atoms with van der Waals surface area (Å²) < 4.78 is 5.73. The minimum atomic E-state index is -0.951. The van der Waals surface area contributed by atoms with Gasteiger partial charge in [0.2, 0.25) is 5.91 Å². The zero-order valence-electron chi connectivity index (χ0n) is 13.2. The Morgan fingerprint density at radius 3 is 2.77 bits per heavy atom. The third kappa shape index (κ3) is 4.27. The van der Waals surface area contributed by atoms with Crippen LogP contribution >= 0.6 is 11.3 Å². The number of aromatic nitrogens is 1. The topological polar surface area (TPSA) is 79.7 Å². The molecule has 1 amide bonds. The van der Waals surface area contributed by atoms with Crippen LogP contribution in [0.3, 0.4) is 0 Å². The fourth-order valence-corrected chi connectivity index (χ4v) is 3.26.